The number of hydrogen-bond acceptors (Lipinski definition) is 4. The summed E-state index contributed by atoms with van der Waals surface area (Å²) >= 11 is 0. The van der Waals surface area contributed by atoms with Crippen LogP contribution < -0.4 is 0 Å². The standard InChI is InChI=1S/C9H11N3O2/c1-8(6-9(13)14)7-12(4-2-10)5-3-11/h6H,4-5,7H2,1H3,(H,13,14). The van der Waals surface area contributed by atoms with Gasteiger partial charge < -0.3 is 5.11 Å². The van der Waals surface area contributed by atoms with Gasteiger partial charge in [0.15, 0.2) is 0 Å². The van der Waals surface area contributed by atoms with Crippen molar-refractivity contribution in [1.82, 2.24) is 4.90 Å². The van der Waals surface area contributed by atoms with Crippen molar-refractivity contribution in [2.45, 2.75) is 6.92 Å². The van der Waals surface area contributed by atoms with Gasteiger partial charge in [0.05, 0.1) is 25.2 Å². The molecule has 0 saturated carbocycles. The van der Waals surface area contributed by atoms with Crippen molar-refractivity contribution in [2.75, 3.05) is 19.6 Å². The maximum Gasteiger partial charge on any atom is 0.328 e. The van der Waals surface area contributed by atoms with E-state index in [9.17, 15) is 4.79 Å². The Morgan fingerprint density at radius 2 is 1.93 bits per heavy atom. The van der Waals surface area contributed by atoms with Gasteiger partial charge in [-0.1, -0.05) is 5.57 Å². The SMILES string of the molecule is CC(=CC(=O)O)CN(CC#N)CC#N. The Labute approximate surface area is 82.5 Å². The molecule has 0 radical (unpaired) electrons. The molecule has 0 amide bonds. The highest BCUT2D eigenvalue weighted by Gasteiger charge is 2.04. The van der Waals surface area contributed by atoms with E-state index in [0.717, 1.165) is 6.08 Å². The summed E-state index contributed by atoms with van der Waals surface area (Å²) in [5, 5.41) is 25.3. The normalized spacial score (nSPS) is 10.7. The van der Waals surface area contributed by atoms with E-state index in [4.69, 9.17) is 15.6 Å². The van der Waals surface area contributed by atoms with Crippen molar-refractivity contribution in [2.24, 2.45) is 0 Å². The first-order chi connectivity index (χ1) is 6.60. The molecule has 0 aliphatic carbocycles. The molecule has 5 nitrogen and oxygen atoms in total. The van der Waals surface area contributed by atoms with Gasteiger partial charge in [0.2, 0.25) is 0 Å². The number of nitrogens with zero attached hydrogens (tertiary/aromatic N) is 3. The molecule has 0 aromatic rings. The van der Waals surface area contributed by atoms with Crippen molar-refractivity contribution in [3.63, 3.8) is 0 Å². The summed E-state index contributed by atoms with van der Waals surface area (Å²) in [6, 6.07) is 3.82. The van der Waals surface area contributed by atoms with Crippen LogP contribution in [-0.4, -0.2) is 35.6 Å². The first kappa shape index (κ1) is 12.2. The van der Waals surface area contributed by atoms with E-state index in [1.54, 1.807) is 11.8 Å². The Hall–Kier alpha value is -1.85. The fraction of sp³-hybridized carbons (Fsp3) is 0.444. The van der Waals surface area contributed by atoms with Crippen LogP contribution >= 0.6 is 0 Å². The zero-order chi connectivity index (χ0) is 11.0. The molecule has 0 heterocycles. The summed E-state index contributed by atoms with van der Waals surface area (Å²) in [5.74, 6) is -1.02. The molecule has 0 aliphatic heterocycles. The zero-order valence-electron chi connectivity index (χ0n) is 7.90. The minimum atomic E-state index is -1.02. The van der Waals surface area contributed by atoms with E-state index in [0.29, 0.717) is 12.1 Å². The van der Waals surface area contributed by atoms with Crippen molar-refractivity contribution in [3.8, 4) is 12.1 Å². The molecule has 14 heavy (non-hydrogen) atoms. The van der Waals surface area contributed by atoms with Gasteiger partial charge in [0.25, 0.3) is 0 Å². The Morgan fingerprint density at radius 3 is 2.29 bits per heavy atom. The van der Waals surface area contributed by atoms with Gasteiger partial charge in [-0.2, -0.15) is 10.5 Å². The smallest absolute Gasteiger partial charge is 0.328 e. The quantitative estimate of drug-likeness (QED) is 0.503. The minimum absolute atomic E-state index is 0.123. The van der Waals surface area contributed by atoms with Gasteiger partial charge in [-0.05, 0) is 6.92 Å². The second kappa shape index (κ2) is 6.64. The third kappa shape index (κ3) is 5.76. The van der Waals surface area contributed by atoms with Gasteiger partial charge in [0, 0.05) is 12.6 Å². The van der Waals surface area contributed by atoms with Crippen LogP contribution in [0.15, 0.2) is 11.6 Å². The van der Waals surface area contributed by atoms with E-state index >= 15 is 0 Å². The molecule has 0 atom stereocenters. The third-order valence-electron chi connectivity index (χ3n) is 1.43. The molecule has 0 spiro atoms. The van der Waals surface area contributed by atoms with Crippen LogP contribution in [0.1, 0.15) is 6.92 Å². The van der Waals surface area contributed by atoms with E-state index in [-0.39, 0.29) is 13.1 Å². The number of rotatable bonds is 5. The second-order valence-corrected chi connectivity index (χ2v) is 2.79. The lowest BCUT2D eigenvalue weighted by molar-refractivity contribution is -0.131. The predicted octanol–water partition coefficient (Wildman–Crippen LogP) is 0.366. The van der Waals surface area contributed by atoms with Crippen LogP contribution in [-0.2, 0) is 4.79 Å². The number of aliphatic carboxylic acids is 1. The fourth-order valence-electron chi connectivity index (χ4n) is 0.977. The number of hydrogen-bond donors (Lipinski definition) is 1. The molecule has 0 aromatic carbocycles. The third-order valence-corrected chi connectivity index (χ3v) is 1.43. The molecule has 0 fully saturated rings. The van der Waals surface area contributed by atoms with Gasteiger partial charge in [-0.15, -0.1) is 0 Å². The molecular formula is C9H11N3O2. The van der Waals surface area contributed by atoms with E-state index < -0.39 is 5.97 Å². The molecule has 74 valence electrons. The summed E-state index contributed by atoms with van der Waals surface area (Å²) in [5.41, 5.74) is 0.614. The molecule has 0 saturated heterocycles. The average molecular weight is 193 g/mol. The van der Waals surface area contributed by atoms with Crippen LogP contribution in [0.4, 0.5) is 0 Å². The Kier molecular flexibility index (Phi) is 5.77. The van der Waals surface area contributed by atoms with Crippen molar-refractivity contribution in [1.29, 1.82) is 10.5 Å². The Morgan fingerprint density at radius 1 is 1.43 bits per heavy atom. The maximum absolute atomic E-state index is 10.3. The zero-order valence-corrected chi connectivity index (χ0v) is 7.90. The lowest BCUT2D eigenvalue weighted by Gasteiger charge is -2.14. The maximum atomic E-state index is 10.3. The molecule has 0 unspecified atom stereocenters. The minimum Gasteiger partial charge on any atom is -0.478 e. The molecule has 0 aromatic heterocycles. The Bertz CT molecular complexity index is 293. The van der Waals surface area contributed by atoms with Gasteiger partial charge in [0.1, 0.15) is 0 Å². The van der Waals surface area contributed by atoms with Crippen LogP contribution in [0.3, 0.4) is 0 Å². The highest BCUT2D eigenvalue weighted by Crippen LogP contribution is 1.97. The summed E-state index contributed by atoms with van der Waals surface area (Å²) in [6.07, 6.45) is 1.07. The van der Waals surface area contributed by atoms with Crippen molar-refractivity contribution >= 4 is 5.97 Å². The van der Waals surface area contributed by atoms with Crippen LogP contribution in [0, 0.1) is 22.7 Å². The second-order valence-electron chi connectivity index (χ2n) is 2.79. The van der Waals surface area contributed by atoms with Crippen molar-refractivity contribution < 1.29 is 9.90 Å². The molecular weight excluding hydrogens is 182 g/mol. The summed E-state index contributed by atoms with van der Waals surface area (Å²) in [7, 11) is 0. The lowest BCUT2D eigenvalue weighted by atomic mass is 10.2. The van der Waals surface area contributed by atoms with Gasteiger partial charge in [-0.25, -0.2) is 4.79 Å². The van der Waals surface area contributed by atoms with Crippen LogP contribution in [0.2, 0.25) is 0 Å². The van der Waals surface area contributed by atoms with E-state index in [1.165, 1.54) is 0 Å². The first-order valence-corrected chi connectivity index (χ1v) is 3.96. The van der Waals surface area contributed by atoms with Gasteiger partial charge >= 0.3 is 5.97 Å². The lowest BCUT2D eigenvalue weighted by Crippen LogP contribution is -2.26. The molecule has 1 N–H and O–H groups in total. The van der Waals surface area contributed by atoms with E-state index in [2.05, 4.69) is 0 Å². The van der Waals surface area contributed by atoms with Crippen LogP contribution in [0.5, 0.6) is 0 Å². The monoisotopic (exact) mass is 193 g/mol. The molecule has 0 bridgehead atoms. The number of carboxylic acids is 1. The molecule has 5 heteroatoms. The largest absolute Gasteiger partial charge is 0.478 e. The van der Waals surface area contributed by atoms with Crippen LogP contribution in [0.25, 0.3) is 0 Å². The molecule has 0 rings (SSSR count). The number of nitriles is 2. The van der Waals surface area contributed by atoms with Gasteiger partial charge in [-0.3, -0.25) is 4.90 Å². The van der Waals surface area contributed by atoms with E-state index in [1.807, 2.05) is 12.1 Å². The highest BCUT2D eigenvalue weighted by molar-refractivity contribution is 5.80. The number of carboxylic acid groups (broad SMARTS) is 1. The average Bonchev–Trinajstić information content (AvgIpc) is 2.03. The topological polar surface area (TPSA) is 88.1 Å². The number of carbonyl (C=O) groups is 1. The predicted molar refractivity (Wildman–Crippen MR) is 49.1 cm³/mol. The van der Waals surface area contributed by atoms with Crippen molar-refractivity contribution in [3.05, 3.63) is 11.6 Å². The molecule has 0 aliphatic rings. The highest BCUT2D eigenvalue weighted by atomic mass is 16.4. The summed E-state index contributed by atoms with van der Waals surface area (Å²) in [4.78, 5) is 11.8. The Balaban J connectivity index is 4.24. The fourth-order valence-corrected chi connectivity index (χ4v) is 0.977. The summed E-state index contributed by atoms with van der Waals surface area (Å²) < 4.78 is 0. The first-order valence-electron chi connectivity index (χ1n) is 3.96. The summed E-state index contributed by atoms with van der Waals surface area (Å²) in [6.45, 7) is 2.22.